The van der Waals surface area contributed by atoms with Crippen molar-refractivity contribution < 1.29 is 14.6 Å². The van der Waals surface area contributed by atoms with Crippen LogP contribution in [-0.4, -0.2) is 22.6 Å². The number of aliphatic hydroxyl groups is 1. The number of hydrogen-bond acceptors (Lipinski definition) is 3. The molecule has 0 spiro atoms. The molecule has 0 saturated carbocycles. The second-order valence-electron chi connectivity index (χ2n) is 6.82. The summed E-state index contributed by atoms with van der Waals surface area (Å²) in [7, 11) is 0. The number of carbonyl (C=O) groups is 1. The fourth-order valence-electron chi connectivity index (χ4n) is 3.60. The van der Waals surface area contributed by atoms with Crippen molar-refractivity contribution in [1.29, 1.82) is 0 Å². The van der Waals surface area contributed by atoms with Crippen LogP contribution >= 0.6 is 11.6 Å². The van der Waals surface area contributed by atoms with E-state index < -0.39 is 11.7 Å². The maximum atomic E-state index is 12.9. The van der Waals surface area contributed by atoms with E-state index in [1.807, 2.05) is 49.4 Å². The number of hydrogen-bond donors (Lipinski definition) is 1. The van der Waals surface area contributed by atoms with Crippen LogP contribution in [0.2, 0.25) is 5.02 Å². The van der Waals surface area contributed by atoms with Gasteiger partial charge in [-0.1, -0.05) is 42.8 Å². The van der Waals surface area contributed by atoms with Crippen LogP contribution in [0.15, 0.2) is 60.4 Å². The fourth-order valence-corrected chi connectivity index (χ4v) is 3.72. The lowest BCUT2D eigenvalue weighted by Crippen LogP contribution is -2.38. The number of benzene rings is 2. The van der Waals surface area contributed by atoms with Gasteiger partial charge in [0, 0.05) is 5.02 Å². The molecular formula is C22H19ClO3. The number of aliphatic hydroxyl groups excluding tert-OH is 1. The first-order chi connectivity index (χ1) is 12.4. The Balaban J connectivity index is 1.89. The minimum atomic E-state index is -0.935. The van der Waals surface area contributed by atoms with E-state index in [-0.39, 0.29) is 11.5 Å². The highest BCUT2D eigenvalue weighted by molar-refractivity contribution is 6.30. The van der Waals surface area contributed by atoms with Gasteiger partial charge in [-0.05, 0) is 65.9 Å². The average Bonchev–Trinajstić information content (AvgIpc) is 3.02. The average molecular weight is 367 g/mol. The zero-order chi connectivity index (χ0) is 18.5. The van der Waals surface area contributed by atoms with Crippen LogP contribution in [0.3, 0.4) is 0 Å². The van der Waals surface area contributed by atoms with Gasteiger partial charge in [-0.25, -0.2) is 0 Å². The number of Topliss-reactive ketones (excluding diaryl/α,β-unsaturated/α-hetero) is 1. The summed E-state index contributed by atoms with van der Waals surface area (Å²) in [4.78, 5) is 12.9. The molecular weight excluding hydrogens is 348 g/mol. The van der Waals surface area contributed by atoms with E-state index in [2.05, 4.69) is 0 Å². The summed E-state index contributed by atoms with van der Waals surface area (Å²) in [6.07, 6.45) is 3.61. The molecule has 2 aliphatic rings. The van der Waals surface area contributed by atoms with Crippen molar-refractivity contribution in [3.8, 4) is 11.1 Å². The van der Waals surface area contributed by atoms with E-state index >= 15 is 0 Å². The number of ether oxygens (including phenoxy) is 1. The van der Waals surface area contributed by atoms with Gasteiger partial charge in [-0.2, -0.15) is 0 Å². The lowest BCUT2D eigenvalue weighted by Gasteiger charge is -2.31. The van der Waals surface area contributed by atoms with Crippen molar-refractivity contribution in [2.75, 3.05) is 0 Å². The summed E-state index contributed by atoms with van der Waals surface area (Å²) in [5, 5.41) is 11.5. The number of aryl methyl sites for hydroxylation is 1. The SMILES string of the molecule is CCc1ccc(-c2ccc(Cl)cc2)cc1C1=C(O)C2(C)C=CC(O2)C1=O. The van der Waals surface area contributed by atoms with E-state index in [1.165, 1.54) is 0 Å². The van der Waals surface area contributed by atoms with Crippen molar-refractivity contribution in [3.05, 3.63) is 76.5 Å². The Labute approximate surface area is 157 Å². The van der Waals surface area contributed by atoms with Crippen LogP contribution in [0.5, 0.6) is 0 Å². The molecule has 2 unspecified atom stereocenters. The van der Waals surface area contributed by atoms with E-state index in [9.17, 15) is 9.90 Å². The highest BCUT2D eigenvalue weighted by Gasteiger charge is 2.46. The van der Waals surface area contributed by atoms with Gasteiger partial charge in [0.05, 0.1) is 5.57 Å². The summed E-state index contributed by atoms with van der Waals surface area (Å²) >= 11 is 5.99. The molecule has 2 atom stereocenters. The van der Waals surface area contributed by atoms with Gasteiger partial charge >= 0.3 is 0 Å². The molecule has 2 bridgehead atoms. The van der Waals surface area contributed by atoms with Crippen LogP contribution in [-0.2, 0) is 16.0 Å². The Morgan fingerprint density at radius 3 is 2.54 bits per heavy atom. The monoisotopic (exact) mass is 366 g/mol. The molecule has 2 aromatic rings. The van der Waals surface area contributed by atoms with Crippen molar-refractivity contribution in [3.63, 3.8) is 0 Å². The van der Waals surface area contributed by atoms with Gasteiger partial charge in [0.2, 0.25) is 0 Å². The summed E-state index contributed by atoms with van der Waals surface area (Å²) in [5.41, 5.74) is 3.19. The van der Waals surface area contributed by atoms with Crippen LogP contribution < -0.4 is 0 Å². The fraction of sp³-hybridized carbons (Fsp3) is 0.227. The van der Waals surface area contributed by atoms with E-state index in [4.69, 9.17) is 16.3 Å². The van der Waals surface area contributed by atoms with Gasteiger partial charge < -0.3 is 9.84 Å². The largest absolute Gasteiger partial charge is 0.508 e. The molecule has 3 nitrogen and oxygen atoms in total. The van der Waals surface area contributed by atoms with Gasteiger partial charge in [-0.3, -0.25) is 4.79 Å². The Kier molecular flexibility index (Phi) is 4.02. The van der Waals surface area contributed by atoms with E-state index in [0.717, 1.165) is 28.7 Å². The summed E-state index contributed by atoms with van der Waals surface area (Å²) in [6.45, 7) is 3.82. The smallest absolute Gasteiger partial charge is 0.199 e. The van der Waals surface area contributed by atoms with Crippen molar-refractivity contribution >= 4 is 23.0 Å². The van der Waals surface area contributed by atoms with Crippen molar-refractivity contribution in [2.45, 2.75) is 32.0 Å². The molecule has 4 heteroatoms. The second kappa shape index (κ2) is 6.11. The third-order valence-corrected chi connectivity index (χ3v) is 5.36. The number of fused-ring (bicyclic) bond motifs is 2. The van der Waals surface area contributed by atoms with Crippen molar-refractivity contribution in [2.24, 2.45) is 0 Å². The molecule has 0 aliphatic carbocycles. The third kappa shape index (κ3) is 2.59. The van der Waals surface area contributed by atoms with Crippen LogP contribution in [0.1, 0.15) is 25.0 Å². The Morgan fingerprint density at radius 2 is 1.85 bits per heavy atom. The Bertz CT molecular complexity index is 956. The van der Waals surface area contributed by atoms with Crippen molar-refractivity contribution in [1.82, 2.24) is 0 Å². The van der Waals surface area contributed by atoms with Gasteiger partial charge in [-0.15, -0.1) is 0 Å². The molecule has 0 aromatic heterocycles. The lowest BCUT2D eigenvalue weighted by molar-refractivity contribution is -0.128. The van der Waals surface area contributed by atoms with Gasteiger partial charge in [0.15, 0.2) is 5.78 Å². The first-order valence-electron chi connectivity index (χ1n) is 8.67. The van der Waals surface area contributed by atoms with Crippen LogP contribution in [0.4, 0.5) is 0 Å². The maximum absolute atomic E-state index is 12.9. The van der Waals surface area contributed by atoms with Gasteiger partial charge in [0.1, 0.15) is 17.5 Å². The molecule has 1 N–H and O–H groups in total. The molecule has 0 radical (unpaired) electrons. The zero-order valence-corrected chi connectivity index (χ0v) is 15.4. The number of halogens is 1. The summed E-state index contributed by atoms with van der Waals surface area (Å²) in [5.74, 6) is -0.216. The Hall–Kier alpha value is -2.36. The molecule has 4 rings (SSSR count). The maximum Gasteiger partial charge on any atom is 0.199 e. The summed E-state index contributed by atoms with van der Waals surface area (Å²) in [6, 6.07) is 13.6. The quantitative estimate of drug-likeness (QED) is 0.765. The highest BCUT2D eigenvalue weighted by atomic mass is 35.5. The first kappa shape index (κ1) is 17.1. The second-order valence-corrected chi connectivity index (χ2v) is 7.26. The number of ketones is 1. The van der Waals surface area contributed by atoms with Gasteiger partial charge in [0.25, 0.3) is 0 Å². The predicted octanol–water partition coefficient (Wildman–Crippen LogP) is 5.13. The Morgan fingerprint density at radius 1 is 1.15 bits per heavy atom. The molecule has 0 amide bonds. The van der Waals surface area contributed by atoms with E-state index in [0.29, 0.717) is 10.6 Å². The molecule has 2 aromatic carbocycles. The molecule has 0 saturated heterocycles. The highest BCUT2D eigenvalue weighted by Crippen LogP contribution is 2.42. The molecule has 0 fully saturated rings. The minimum absolute atomic E-state index is 0.0181. The zero-order valence-electron chi connectivity index (χ0n) is 14.6. The van der Waals surface area contributed by atoms with Crippen LogP contribution in [0, 0.1) is 0 Å². The predicted molar refractivity (Wildman–Crippen MR) is 103 cm³/mol. The summed E-state index contributed by atoms with van der Waals surface area (Å²) < 4.78 is 5.68. The normalized spacial score (nSPS) is 24.4. The minimum Gasteiger partial charge on any atom is -0.508 e. The molecule has 2 aliphatic heterocycles. The number of carbonyl (C=O) groups excluding carboxylic acids is 1. The standard InChI is InChI=1S/C22H19ClO3/c1-3-13-4-5-15(14-6-8-16(23)9-7-14)12-17(13)19-20(24)18-10-11-22(2,26-18)21(19)25/h4-12,18,25H,3H2,1-2H3. The molecule has 2 heterocycles. The molecule has 26 heavy (non-hydrogen) atoms. The molecule has 132 valence electrons. The lowest BCUT2D eigenvalue weighted by atomic mass is 9.86. The van der Waals surface area contributed by atoms with Crippen LogP contribution in [0.25, 0.3) is 16.7 Å². The van der Waals surface area contributed by atoms with E-state index in [1.54, 1.807) is 19.1 Å². The topological polar surface area (TPSA) is 46.5 Å². The number of rotatable bonds is 3. The third-order valence-electron chi connectivity index (χ3n) is 5.11. The first-order valence-corrected chi connectivity index (χ1v) is 9.05.